The summed E-state index contributed by atoms with van der Waals surface area (Å²) >= 11 is 0. The smallest absolute Gasteiger partial charge is 0.143 e. The van der Waals surface area contributed by atoms with E-state index in [1.54, 1.807) is 0 Å². The summed E-state index contributed by atoms with van der Waals surface area (Å²) in [6.07, 6.45) is 0. The van der Waals surface area contributed by atoms with Crippen LogP contribution in [0.15, 0.2) is 265 Å². The van der Waals surface area contributed by atoms with E-state index >= 15 is 0 Å². The zero-order valence-electron chi connectivity index (χ0n) is 36.2. The molecule has 12 aromatic rings. The molecule has 0 spiro atoms. The number of fused-ring (bicyclic) bond motifs is 3. The highest BCUT2D eigenvalue weighted by Crippen LogP contribution is 2.44. The lowest BCUT2D eigenvalue weighted by Gasteiger charge is -2.26. The molecule has 0 amide bonds. The first-order chi connectivity index (χ1) is 32.7. The van der Waals surface area contributed by atoms with E-state index in [4.69, 9.17) is 4.42 Å². The van der Waals surface area contributed by atoms with Crippen LogP contribution < -0.4 is 4.90 Å². The normalized spacial score (nSPS) is 11.3. The van der Waals surface area contributed by atoms with Crippen molar-refractivity contribution in [2.45, 2.75) is 0 Å². The van der Waals surface area contributed by atoms with Gasteiger partial charge in [0, 0.05) is 33.6 Å². The summed E-state index contributed by atoms with van der Waals surface area (Å²) < 4.78 is 6.72. The van der Waals surface area contributed by atoms with Crippen molar-refractivity contribution in [3.63, 3.8) is 0 Å². The summed E-state index contributed by atoms with van der Waals surface area (Å²) in [7, 11) is 0. The number of nitrogens with zero attached hydrogens (tertiary/aromatic N) is 1. The fraction of sp³-hybridized carbons (Fsp3) is 0. The molecule has 11 aromatic carbocycles. The predicted molar refractivity (Wildman–Crippen MR) is 279 cm³/mol. The average Bonchev–Trinajstić information content (AvgIpc) is 3.79. The van der Waals surface area contributed by atoms with Crippen molar-refractivity contribution in [3.05, 3.63) is 261 Å². The standard InChI is InChI=1S/C64H43NO/c1-2-16-50(17-3-1)63-61-26-8-9-29-62(61)66-64(63)53-22-11-23-56(43-53)65(54-38-34-45(35-39-54)44-30-32-49(33-31-44)59-27-12-18-47-14-4-6-24-57(47)59)55-40-36-46(37-41-55)51-20-10-21-52(42-51)60-28-13-19-48-15-5-7-25-58(48)60/h1-43H. The first-order valence-electron chi connectivity index (χ1n) is 22.6. The van der Waals surface area contributed by atoms with E-state index in [1.807, 2.05) is 6.07 Å². The van der Waals surface area contributed by atoms with Crippen molar-refractivity contribution >= 4 is 49.6 Å². The van der Waals surface area contributed by atoms with Crippen LogP contribution in [0.1, 0.15) is 0 Å². The van der Waals surface area contributed by atoms with Gasteiger partial charge in [-0.05, 0) is 120 Å². The summed E-state index contributed by atoms with van der Waals surface area (Å²) in [5.41, 5.74) is 16.8. The average molecular weight is 842 g/mol. The Bertz CT molecular complexity index is 3670. The van der Waals surface area contributed by atoms with E-state index in [2.05, 4.69) is 260 Å². The zero-order chi connectivity index (χ0) is 43.8. The Morgan fingerprint density at radius 3 is 1.38 bits per heavy atom. The summed E-state index contributed by atoms with van der Waals surface area (Å²) in [4.78, 5) is 2.35. The molecule has 0 fully saturated rings. The van der Waals surface area contributed by atoms with Gasteiger partial charge in [-0.25, -0.2) is 0 Å². The van der Waals surface area contributed by atoms with Crippen molar-refractivity contribution in [1.82, 2.24) is 0 Å². The van der Waals surface area contributed by atoms with Crippen LogP contribution in [-0.2, 0) is 0 Å². The lowest BCUT2D eigenvalue weighted by molar-refractivity contribution is 0.632. The van der Waals surface area contributed by atoms with Crippen LogP contribution >= 0.6 is 0 Å². The summed E-state index contributed by atoms with van der Waals surface area (Å²) in [6.45, 7) is 0. The van der Waals surface area contributed by atoms with Crippen LogP contribution in [0.5, 0.6) is 0 Å². The molecule has 0 saturated carbocycles. The molecule has 0 bridgehead atoms. The molecule has 2 heteroatoms. The Morgan fingerprint density at radius 2 is 0.712 bits per heavy atom. The molecule has 0 aliphatic carbocycles. The van der Waals surface area contributed by atoms with Crippen LogP contribution in [0, 0.1) is 0 Å². The van der Waals surface area contributed by atoms with E-state index in [1.165, 1.54) is 54.9 Å². The molecule has 66 heavy (non-hydrogen) atoms. The minimum absolute atomic E-state index is 0.855. The van der Waals surface area contributed by atoms with E-state index < -0.39 is 0 Å². The Morgan fingerprint density at radius 1 is 0.258 bits per heavy atom. The summed E-state index contributed by atoms with van der Waals surface area (Å²) in [5.74, 6) is 0.855. The maximum atomic E-state index is 6.72. The number of rotatable bonds is 9. The molecule has 0 aliphatic rings. The second-order valence-electron chi connectivity index (χ2n) is 16.9. The molecule has 0 saturated heterocycles. The van der Waals surface area contributed by atoms with Crippen molar-refractivity contribution in [1.29, 1.82) is 0 Å². The SMILES string of the molecule is c1ccc(-c2c(-c3cccc(N(c4ccc(-c5ccc(-c6cccc7ccccc67)cc5)cc4)c4ccc(-c5cccc(-c6cccc7ccccc67)c5)cc4)c3)oc3ccccc23)cc1. The van der Waals surface area contributed by atoms with Crippen molar-refractivity contribution in [3.8, 4) is 67.0 Å². The van der Waals surface area contributed by atoms with Gasteiger partial charge in [0.05, 0.1) is 0 Å². The van der Waals surface area contributed by atoms with Gasteiger partial charge in [0.25, 0.3) is 0 Å². The molecule has 2 nitrogen and oxygen atoms in total. The van der Waals surface area contributed by atoms with E-state index in [9.17, 15) is 0 Å². The van der Waals surface area contributed by atoms with Crippen LogP contribution in [0.3, 0.4) is 0 Å². The van der Waals surface area contributed by atoms with Gasteiger partial charge >= 0.3 is 0 Å². The maximum absolute atomic E-state index is 6.72. The highest BCUT2D eigenvalue weighted by molar-refractivity contribution is 6.02. The first-order valence-corrected chi connectivity index (χ1v) is 22.6. The highest BCUT2D eigenvalue weighted by atomic mass is 16.3. The number of para-hydroxylation sites is 1. The molecule has 0 N–H and O–H groups in total. The number of hydrogen-bond donors (Lipinski definition) is 0. The molecule has 0 atom stereocenters. The van der Waals surface area contributed by atoms with Gasteiger partial charge in [-0.15, -0.1) is 0 Å². The molecule has 0 aliphatic heterocycles. The molecule has 12 rings (SSSR count). The Hall–Kier alpha value is -8.72. The monoisotopic (exact) mass is 841 g/mol. The highest BCUT2D eigenvalue weighted by Gasteiger charge is 2.20. The zero-order valence-corrected chi connectivity index (χ0v) is 36.2. The second-order valence-corrected chi connectivity index (χ2v) is 16.9. The number of benzene rings is 11. The Balaban J connectivity index is 0.928. The lowest BCUT2D eigenvalue weighted by atomic mass is 9.95. The minimum Gasteiger partial charge on any atom is -0.455 e. The quantitative estimate of drug-likeness (QED) is 0.144. The Kier molecular flexibility index (Phi) is 9.89. The van der Waals surface area contributed by atoms with Crippen molar-refractivity contribution in [2.75, 3.05) is 4.90 Å². The number of hydrogen-bond acceptors (Lipinski definition) is 2. The summed E-state index contributed by atoms with van der Waals surface area (Å²) in [6, 6.07) is 93.6. The number of furan rings is 1. The molecule has 310 valence electrons. The molecule has 0 radical (unpaired) electrons. The van der Waals surface area contributed by atoms with Crippen LogP contribution in [0.4, 0.5) is 17.1 Å². The third-order valence-electron chi connectivity index (χ3n) is 12.9. The van der Waals surface area contributed by atoms with Crippen molar-refractivity contribution in [2.24, 2.45) is 0 Å². The van der Waals surface area contributed by atoms with Gasteiger partial charge in [0.2, 0.25) is 0 Å². The van der Waals surface area contributed by atoms with Gasteiger partial charge in [-0.3, -0.25) is 0 Å². The number of anilines is 3. The van der Waals surface area contributed by atoms with Crippen LogP contribution in [-0.4, -0.2) is 0 Å². The predicted octanol–water partition coefficient (Wildman–Crippen LogP) is 18.2. The molecular formula is C64H43NO. The summed E-state index contributed by atoms with van der Waals surface area (Å²) in [5, 5.41) is 6.11. The Labute approximate surface area is 384 Å². The van der Waals surface area contributed by atoms with Gasteiger partial charge in [-0.2, -0.15) is 0 Å². The second kappa shape index (κ2) is 16.8. The molecule has 1 aromatic heterocycles. The fourth-order valence-electron chi connectivity index (χ4n) is 9.64. The topological polar surface area (TPSA) is 16.4 Å². The van der Waals surface area contributed by atoms with Gasteiger partial charge < -0.3 is 9.32 Å². The molecular weight excluding hydrogens is 799 g/mol. The third-order valence-corrected chi connectivity index (χ3v) is 12.9. The van der Waals surface area contributed by atoms with Gasteiger partial charge in [-0.1, -0.05) is 212 Å². The van der Waals surface area contributed by atoms with Gasteiger partial charge in [0.1, 0.15) is 11.3 Å². The minimum atomic E-state index is 0.855. The molecule has 1 heterocycles. The van der Waals surface area contributed by atoms with Crippen LogP contribution in [0.25, 0.3) is 99.5 Å². The van der Waals surface area contributed by atoms with Crippen LogP contribution in [0.2, 0.25) is 0 Å². The van der Waals surface area contributed by atoms with E-state index in [-0.39, 0.29) is 0 Å². The van der Waals surface area contributed by atoms with Gasteiger partial charge in [0.15, 0.2) is 0 Å². The lowest BCUT2D eigenvalue weighted by Crippen LogP contribution is -2.10. The van der Waals surface area contributed by atoms with E-state index in [0.717, 1.165) is 61.6 Å². The van der Waals surface area contributed by atoms with E-state index in [0.29, 0.717) is 0 Å². The largest absolute Gasteiger partial charge is 0.455 e. The first kappa shape index (κ1) is 38.9. The molecule has 0 unspecified atom stereocenters. The fourth-order valence-corrected chi connectivity index (χ4v) is 9.64. The van der Waals surface area contributed by atoms with Crippen molar-refractivity contribution < 1.29 is 4.42 Å². The third kappa shape index (κ3) is 7.21. The maximum Gasteiger partial charge on any atom is 0.143 e.